The number of amides is 1. The van der Waals surface area contributed by atoms with Crippen molar-refractivity contribution >= 4 is 42.1 Å². The van der Waals surface area contributed by atoms with Gasteiger partial charge in [0.15, 0.2) is 0 Å². The molecule has 0 radical (unpaired) electrons. The molecule has 1 aromatic heterocycles. The molecule has 1 saturated heterocycles. The standard InChI is InChI=1S/C14H23N3OS.2ClH/c1-10-6-7-15-8-13(10)17-14(18)5-3-4-12-9-19-11(2)16-12;;/h9-10,13,15H,3-8H2,1-2H3,(H,17,18);2*1H. The maximum Gasteiger partial charge on any atom is 0.220 e. The van der Waals surface area contributed by atoms with Gasteiger partial charge in [0.05, 0.1) is 10.7 Å². The van der Waals surface area contributed by atoms with E-state index in [0.717, 1.165) is 43.1 Å². The van der Waals surface area contributed by atoms with Crippen molar-refractivity contribution < 1.29 is 4.79 Å². The molecule has 0 bridgehead atoms. The topological polar surface area (TPSA) is 54.0 Å². The average molecular weight is 354 g/mol. The Morgan fingerprint density at radius 1 is 1.52 bits per heavy atom. The van der Waals surface area contributed by atoms with Gasteiger partial charge in [0.25, 0.3) is 0 Å². The van der Waals surface area contributed by atoms with Crippen molar-refractivity contribution in [1.29, 1.82) is 0 Å². The molecule has 1 amide bonds. The molecule has 2 heterocycles. The smallest absolute Gasteiger partial charge is 0.220 e. The Morgan fingerprint density at radius 2 is 2.29 bits per heavy atom. The fourth-order valence-corrected chi connectivity index (χ4v) is 3.06. The zero-order chi connectivity index (χ0) is 13.7. The number of thiazole rings is 1. The second-order valence-corrected chi connectivity index (χ2v) is 6.42. The third-order valence-electron chi connectivity index (χ3n) is 3.68. The van der Waals surface area contributed by atoms with Crippen molar-refractivity contribution in [1.82, 2.24) is 15.6 Å². The van der Waals surface area contributed by atoms with Crippen LogP contribution in [-0.2, 0) is 11.2 Å². The highest BCUT2D eigenvalue weighted by atomic mass is 35.5. The second kappa shape index (κ2) is 10.4. The third kappa shape index (κ3) is 6.96. The van der Waals surface area contributed by atoms with Crippen molar-refractivity contribution in [2.24, 2.45) is 5.92 Å². The van der Waals surface area contributed by atoms with Gasteiger partial charge >= 0.3 is 0 Å². The lowest BCUT2D eigenvalue weighted by Crippen LogP contribution is -2.50. The quantitative estimate of drug-likeness (QED) is 0.855. The highest BCUT2D eigenvalue weighted by Crippen LogP contribution is 2.13. The van der Waals surface area contributed by atoms with Crippen LogP contribution in [0.2, 0.25) is 0 Å². The minimum Gasteiger partial charge on any atom is -0.352 e. The Bertz CT molecular complexity index is 428. The van der Waals surface area contributed by atoms with E-state index in [1.165, 1.54) is 0 Å². The van der Waals surface area contributed by atoms with E-state index in [0.29, 0.717) is 18.4 Å². The van der Waals surface area contributed by atoms with Crippen molar-refractivity contribution in [3.05, 3.63) is 16.1 Å². The van der Waals surface area contributed by atoms with Gasteiger partial charge in [0.2, 0.25) is 5.91 Å². The molecule has 21 heavy (non-hydrogen) atoms. The van der Waals surface area contributed by atoms with Crippen molar-refractivity contribution in [2.45, 2.75) is 45.6 Å². The van der Waals surface area contributed by atoms with Gasteiger partial charge in [-0.25, -0.2) is 4.98 Å². The molecule has 122 valence electrons. The summed E-state index contributed by atoms with van der Waals surface area (Å²) >= 11 is 1.67. The summed E-state index contributed by atoms with van der Waals surface area (Å²) in [4.78, 5) is 16.3. The molecule has 2 unspecified atom stereocenters. The number of carbonyl (C=O) groups excluding carboxylic acids is 1. The Labute approximate surface area is 143 Å². The summed E-state index contributed by atoms with van der Waals surface area (Å²) in [5, 5.41) is 9.66. The predicted molar refractivity (Wildman–Crippen MR) is 92.9 cm³/mol. The molecule has 1 aromatic rings. The third-order valence-corrected chi connectivity index (χ3v) is 4.50. The SMILES string of the molecule is Cc1nc(CCCC(=O)NC2CNCCC2C)cs1.Cl.Cl. The molecule has 0 spiro atoms. The van der Waals surface area contributed by atoms with E-state index in [-0.39, 0.29) is 30.7 Å². The number of hydrogen-bond donors (Lipinski definition) is 2. The number of nitrogens with zero attached hydrogens (tertiary/aromatic N) is 1. The van der Waals surface area contributed by atoms with Crippen LogP contribution in [0.3, 0.4) is 0 Å². The first-order valence-corrected chi connectivity index (χ1v) is 7.94. The highest BCUT2D eigenvalue weighted by Gasteiger charge is 2.22. The molecule has 2 rings (SSSR count). The van der Waals surface area contributed by atoms with Gasteiger partial charge in [-0.1, -0.05) is 6.92 Å². The summed E-state index contributed by atoms with van der Waals surface area (Å²) in [6.45, 7) is 6.19. The first kappa shape index (κ1) is 20.6. The van der Waals surface area contributed by atoms with Crippen LogP contribution in [-0.4, -0.2) is 30.0 Å². The van der Waals surface area contributed by atoms with Crippen LogP contribution in [0.25, 0.3) is 0 Å². The van der Waals surface area contributed by atoms with Crippen molar-refractivity contribution in [3.63, 3.8) is 0 Å². The molecule has 7 heteroatoms. The molecule has 0 saturated carbocycles. The van der Waals surface area contributed by atoms with Crippen LogP contribution in [0.15, 0.2) is 5.38 Å². The van der Waals surface area contributed by atoms with E-state index in [4.69, 9.17) is 0 Å². The molecule has 1 aliphatic heterocycles. The lowest BCUT2D eigenvalue weighted by molar-refractivity contribution is -0.122. The van der Waals surface area contributed by atoms with Crippen LogP contribution >= 0.6 is 36.2 Å². The molecule has 0 aliphatic carbocycles. The van der Waals surface area contributed by atoms with Gasteiger partial charge in [0.1, 0.15) is 0 Å². The number of rotatable bonds is 5. The summed E-state index contributed by atoms with van der Waals surface area (Å²) < 4.78 is 0. The summed E-state index contributed by atoms with van der Waals surface area (Å²) in [7, 11) is 0. The number of nitrogens with one attached hydrogen (secondary N) is 2. The summed E-state index contributed by atoms with van der Waals surface area (Å²) in [5.41, 5.74) is 1.11. The summed E-state index contributed by atoms with van der Waals surface area (Å²) in [6, 6.07) is 0.294. The molecule has 1 fully saturated rings. The van der Waals surface area contributed by atoms with E-state index in [1.54, 1.807) is 11.3 Å². The number of hydrogen-bond acceptors (Lipinski definition) is 4. The van der Waals surface area contributed by atoms with Crippen LogP contribution in [0.1, 0.15) is 36.9 Å². The largest absolute Gasteiger partial charge is 0.352 e. The van der Waals surface area contributed by atoms with Gasteiger partial charge in [-0.05, 0) is 38.6 Å². The Kier molecular flexibility index (Phi) is 10.2. The van der Waals surface area contributed by atoms with E-state index >= 15 is 0 Å². The second-order valence-electron chi connectivity index (χ2n) is 5.36. The lowest BCUT2D eigenvalue weighted by Gasteiger charge is -2.30. The molecule has 2 N–H and O–H groups in total. The first-order chi connectivity index (χ1) is 9.15. The van der Waals surface area contributed by atoms with E-state index < -0.39 is 0 Å². The Hall–Kier alpha value is -0.360. The van der Waals surface area contributed by atoms with Gasteiger partial charge in [0, 0.05) is 24.4 Å². The fraction of sp³-hybridized carbons (Fsp3) is 0.714. The zero-order valence-corrected chi connectivity index (χ0v) is 15.0. The minimum atomic E-state index is 0. The monoisotopic (exact) mass is 353 g/mol. The highest BCUT2D eigenvalue weighted by molar-refractivity contribution is 7.09. The number of halogens is 2. The lowest BCUT2D eigenvalue weighted by atomic mass is 9.94. The van der Waals surface area contributed by atoms with E-state index in [2.05, 4.69) is 27.9 Å². The summed E-state index contributed by atoms with van der Waals surface area (Å²) in [5.74, 6) is 0.749. The van der Waals surface area contributed by atoms with Crippen LogP contribution in [0.5, 0.6) is 0 Å². The number of carbonyl (C=O) groups is 1. The van der Waals surface area contributed by atoms with Gasteiger partial charge in [-0.3, -0.25) is 4.79 Å². The molecule has 2 atom stereocenters. The molecular weight excluding hydrogens is 329 g/mol. The van der Waals surface area contributed by atoms with E-state index in [1.807, 2.05) is 6.92 Å². The van der Waals surface area contributed by atoms with Crippen LogP contribution in [0.4, 0.5) is 0 Å². The minimum absolute atomic E-state index is 0. The Balaban J connectivity index is 0.00000200. The summed E-state index contributed by atoms with van der Waals surface area (Å²) in [6.07, 6.45) is 3.52. The maximum atomic E-state index is 11.9. The number of piperidine rings is 1. The van der Waals surface area contributed by atoms with Crippen LogP contribution < -0.4 is 10.6 Å². The van der Waals surface area contributed by atoms with Gasteiger partial charge in [-0.15, -0.1) is 36.2 Å². The average Bonchev–Trinajstić information content (AvgIpc) is 2.78. The van der Waals surface area contributed by atoms with Gasteiger partial charge in [-0.2, -0.15) is 0 Å². The molecule has 4 nitrogen and oxygen atoms in total. The molecular formula is C14H25Cl2N3OS. The zero-order valence-electron chi connectivity index (χ0n) is 12.6. The number of aromatic nitrogens is 1. The predicted octanol–water partition coefficient (Wildman–Crippen LogP) is 2.73. The van der Waals surface area contributed by atoms with Crippen molar-refractivity contribution in [3.8, 4) is 0 Å². The normalized spacial score (nSPS) is 21.0. The maximum absolute atomic E-state index is 11.9. The van der Waals surface area contributed by atoms with Gasteiger partial charge < -0.3 is 10.6 Å². The van der Waals surface area contributed by atoms with Crippen molar-refractivity contribution in [2.75, 3.05) is 13.1 Å². The molecule has 1 aliphatic rings. The molecule has 0 aromatic carbocycles. The Morgan fingerprint density at radius 3 is 2.90 bits per heavy atom. The number of aryl methyl sites for hydroxylation is 2. The van der Waals surface area contributed by atoms with Crippen LogP contribution in [0, 0.1) is 12.8 Å². The first-order valence-electron chi connectivity index (χ1n) is 7.06. The fourth-order valence-electron chi connectivity index (χ4n) is 2.42. The van der Waals surface area contributed by atoms with E-state index in [9.17, 15) is 4.79 Å².